The zero-order valence-corrected chi connectivity index (χ0v) is 19.2. The second kappa shape index (κ2) is 9.38. The largest absolute Gasteiger partial charge is 0.462 e. The number of aryl methyl sites for hydroxylation is 1. The first-order chi connectivity index (χ1) is 15.0. The van der Waals surface area contributed by atoms with Crippen molar-refractivity contribution in [2.75, 3.05) is 18.5 Å². The van der Waals surface area contributed by atoms with Gasteiger partial charge in [0.15, 0.2) is 6.61 Å². The van der Waals surface area contributed by atoms with Crippen LogP contribution in [0.25, 0.3) is 10.1 Å². The Morgan fingerprint density at radius 2 is 1.84 bits per heavy atom. The van der Waals surface area contributed by atoms with E-state index in [2.05, 4.69) is 5.32 Å². The zero-order chi connectivity index (χ0) is 22.0. The van der Waals surface area contributed by atoms with E-state index in [9.17, 15) is 14.4 Å². The average molecular weight is 478 g/mol. The van der Waals surface area contributed by atoms with E-state index >= 15 is 0 Å². The number of benzene rings is 1. The summed E-state index contributed by atoms with van der Waals surface area (Å²) in [5.41, 5.74) is 1.38. The number of esters is 2. The molecule has 9 heteroatoms. The summed E-state index contributed by atoms with van der Waals surface area (Å²) >= 11 is 8.91. The first-order valence-corrected chi connectivity index (χ1v) is 12.0. The molecule has 4 rings (SSSR count). The molecule has 6 nitrogen and oxygen atoms in total. The third-order valence-electron chi connectivity index (χ3n) is 4.96. The van der Waals surface area contributed by atoms with E-state index in [0.717, 1.165) is 46.2 Å². The van der Waals surface area contributed by atoms with Gasteiger partial charge in [-0.1, -0.05) is 29.8 Å². The lowest BCUT2D eigenvalue weighted by atomic mass is 9.95. The van der Waals surface area contributed by atoms with Gasteiger partial charge in [-0.25, -0.2) is 9.59 Å². The van der Waals surface area contributed by atoms with Crippen LogP contribution in [0.5, 0.6) is 0 Å². The first kappa shape index (κ1) is 21.8. The Labute approximate surface area is 192 Å². The van der Waals surface area contributed by atoms with Gasteiger partial charge in [-0.15, -0.1) is 22.7 Å². The van der Waals surface area contributed by atoms with Crippen LogP contribution in [0.3, 0.4) is 0 Å². The number of hydrogen-bond acceptors (Lipinski definition) is 7. The molecule has 1 amide bonds. The molecule has 1 aliphatic carbocycles. The number of hydrogen-bond donors (Lipinski definition) is 1. The van der Waals surface area contributed by atoms with E-state index in [1.165, 1.54) is 22.7 Å². The molecule has 0 spiro atoms. The third-order valence-corrected chi connectivity index (χ3v) is 7.82. The molecule has 3 aromatic rings. The molecule has 31 heavy (non-hydrogen) atoms. The first-order valence-electron chi connectivity index (χ1n) is 9.95. The van der Waals surface area contributed by atoms with Crippen molar-refractivity contribution in [3.63, 3.8) is 0 Å². The highest BCUT2D eigenvalue weighted by atomic mass is 35.5. The van der Waals surface area contributed by atoms with Crippen molar-refractivity contribution in [2.24, 2.45) is 0 Å². The van der Waals surface area contributed by atoms with Gasteiger partial charge in [0.05, 0.1) is 17.2 Å². The zero-order valence-electron chi connectivity index (χ0n) is 16.8. The monoisotopic (exact) mass is 477 g/mol. The third kappa shape index (κ3) is 4.46. The summed E-state index contributed by atoms with van der Waals surface area (Å²) in [7, 11) is 0. The lowest BCUT2D eigenvalue weighted by Gasteiger charge is -2.12. The van der Waals surface area contributed by atoms with E-state index in [4.69, 9.17) is 21.1 Å². The van der Waals surface area contributed by atoms with Crippen molar-refractivity contribution >= 4 is 67.2 Å². The minimum absolute atomic E-state index is 0.254. The molecule has 0 radical (unpaired) electrons. The second-order valence-electron chi connectivity index (χ2n) is 7.00. The Balaban J connectivity index is 1.46. The number of ether oxygens (including phenoxy) is 2. The molecule has 0 fully saturated rings. The summed E-state index contributed by atoms with van der Waals surface area (Å²) in [6, 6.07) is 7.39. The van der Waals surface area contributed by atoms with Gasteiger partial charge in [0.2, 0.25) is 0 Å². The van der Waals surface area contributed by atoms with Crippen LogP contribution < -0.4 is 5.32 Å². The normalized spacial score (nSPS) is 13.0. The lowest BCUT2D eigenvalue weighted by molar-refractivity contribution is -0.119. The van der Waals surface area contributed by atoms with Crippen LogP contribution in [0.2, 0.25) is 5.02 Å². The molecule has 2 aromatic heterocycles. The number of thiophene rings is 2. The van der Waals surface area contributed by atoms with Crippen LogP contribution in [0.1, 0.15) is 50.2 Å². The Bertz CT molecular complexity index is 1170. The van der Waals surface area contributed by atoms with Gasteiger partial charge >= 0.3 is 11.9 Å². The van der Waals surface area contributed by atoms with Crippen LogP contribution in [-0.2, 0) is 27.1 Å². The van der Waals surface area contributed by atoms with E-state index in [1.54, 1.807) is 6.92 Å². The molecule has 0 unspecified atom stereocenters. The topological polar surface area (TPSA) is 81.7 Å². The predicted molar refractivity (Wildman–Crippen MR) is 123 cm³/mol. The van der Waals surface area contributed by atoms with Gasteiger partial charge in [-0.3, -0.25) is 4.79 Å². The number of fused-ring (bicyclic) bond motifs is 2. The summed E-state index contributed by atoms with van der Waals surface area (Å²) in [6.07, 6.45) is 3.71. The standard InChI is InChI=1S/C22H20ClNO5S2/c1-2-28-21(26)17-12-7-3-5-9-14(12)31-20(17)24-16(25)11-29-22(27)19-18(23)13-8-4-6-10-15(13)30-19/h4,6,8,10H,2-3,5,7,9,11H2,1H3,(H,24,25). The minimum Gasteiger partial charge on any atom is -0.462 e. The molecule has 2 heterocycles. The second-order valence-corrected chi connectivity index (χ2v) is 9.54. The predicted octanol–water partition coefficient (Wildman–Crippen LogP) is 5.47. The van der Waals surface area contributed by atoms with E-state index in [1.807, 2.05) is 24.3 Å². The van der Waals surface area contributed by atoms with Gasteiger partial charge in [-0.2, -0.15) is 0 Å². The number of halogens is 1. The van der Waals surface area contributed by atoms with E-state index < -0.39 is 24.5 Å². The molecule has 1 aliphatic rings. The van der Waals surface area contributed by atoms with Crippen LogP contribution in [0.4, 0.5) is 5.00 Å². The lowest BCUT2D eigenvalue weighted by Crippen LogP contribution is -2.21. The molecule has 0 atom stereocenters. The summed E-state index contributed by atoms with van der Waals surface area (Å²) in [5, 5.41) is 4.27. The van der Waals surface area contributed by atoms with Crippen molar-refractivity contribution in [1.82, 2.24) is 0 Å². The summed E-state index contributed by atoms with van der Waals surface area (Å²) < 4.78 is 11.2. The Hall–Kier alpha value is -2.42. The number of anilines is 1. The number of rotatable bonds is 6. The average Bonchev–Trinajstić information content (AvgIpc) is 3.30. The van der Waals surface area contributed by atoms with Crippen LogP contribution in [0.15, 0.2) is 24.3 Å². The van der Waals surface area contributed by atoms with Crippen LogP contribution in [0, 0.1) is 0 Å². The Kier molecular flexibility index (Phi) is 6.60. The molecule has 0 aliphatic heterocycles. The Morgan fingerprint density at radius 3 is 2.61 bits per heavy atom. The summed E-state index contributed by atoms with van der Waals surface area (Å²) in [5.74, 6) is -1.61. The van der Waals surface area contributed by atoms with Gasteiger partial charge in [0.1, 0.15) is 9.88 Å². The number of carbonyl (C=O) groups is 3. The van der Waals surface area contributed by atoms with Crippen molar-refractivity contribution in [3.05, 3.63) is 50.2 Å². The van der Waals surface area contributed by atoms with Crippen molar-refractivity contribution in [3.8, 4) is 0 Å². The highest BCUT2D eigenvalue weighted by molar-refractivity contribution is 7.21. The number of amides is 1. The SMILES string of the molecule is CCOC(=O)c1c(NC(=O)COC(=O)c2sc3ccccc3c2Cl)sc2c1CCCC2. The minimum atomic E-state index is -0.655. The van der Waals surface area contributed by atoms with E-state index in [-0.39, 0.29) is 11.5 Å². The fourth-order valence-electron chi connectivity index (χ4n) is 3.58. The molecule has 0 saturated carbocycles. The van der Waals surface area contributed by atoms with Crippen LogP contribution in [-0.4, -0.2) is 31.1 Å². The molecular formula is C22H20ClNO5S2. The highest BCUT2D eigenvalue weighted by Crippen LogP contribution is 2.39. The molecule has 1 aromatic carbocycles. The molecule has 162 valence electrons. The maximum Gasteiger partial charge on any atom is 0.350 e. The Morgan fingerprint density at radius 1 is 1.06 bits per heavy atom. The summed E-state index contributed by atoms with van der Waals surface area (Å²) in [6.45, 7) is 1.52. The fraction of sp³-hybridized carbons (Fsp3) is 0.318. The van der Waals surface area contributed by atoms with Gasteiger partial charge in [-0.05, 0) is 44.2 Å². The maximum absolute atomic E-state index is 12.5. The number of nitrogens with one attached hydrogen (secondary N) is 1. The highest BCUT2D eigenvalue weighted by Gasteiger charge is 2.27. The smallest absolute Gasteiger partial charge is 0.350 e. The summed E-state index contributed by atoms with van der Waals surface area (Å²) in [4.78, 5) is 38.8. The van der Waals surface area contributed by atoms with Crippen molar-refractivity contribution in [1.29, 1.82) is 0 Å². The quantitative estimate of drug-likeness (QED) is 0.476. The van der Waals surface area contributed by atoms with Crippen LogP contribution >= 0.6 is 34.3 Å². The molecule has 1 N–H and O–H groups in total. The maximum atomic E-state index is 12.5. The fourth-order valence-corrected chi connectivity index (χ4v) is 6.27. The van der Waals surface area contributed by atoms with Crippen molar-refractivity contribution in [2.45, 2.75) is 32.6 Å². The van der Waals surface area contributed by atoms with E-state index in [0.29, 0.717) is 15.6 Å². The van der Waals surface area contributed by atoms with Crippen molar-refractivity contribution < 1.29 is 23.9 Å². The van der Waals surface area contributed by atoms with Gasteiger partial charge in [0.25, 0.3) is 5.91 Å². The molecular weight excluding hydrogens is 458 g/mol. The molecule has 0 saturated heterocycles. The van der Waals surface area contributed by atoms with Gasteiger partial charge in [0, 0.05) is 15.0 Å². The van der Waals surface area contributed by atoms with Gasteiger partial charge < -0.3 is 14.8 Å². The molecule has 0 bridgehead atoms. The number of carbonyl (C=O) groups excluding carboxylic acids is 3.